The second kappa shape index (κ2) is 7.09. The molecular formula is C17H26N2O4S. The molecule has 134 valence electrons. The van der Waals surface area contributed by atoms with E-state index in [0.717, 1.165) is 22.7 Å². The molecule has 0 saturated carbocycles. The largest absolute Gasteiger partial charge is 0.464 e. The van der Waals surface area contributed by atoms with Gasteiger partial charge in [0.05, 0.1) is 12.1 Å². The summed E-state index contributed by atoms with van der Waals surface area (Å²) < 4.78 is 10.3. The molecule has 2 atom stereocenters. The van der Waals surface area contributed by atoms with Crippen molar-refractivity contribution in [1.82, 2.24) is 9.88 Å². The minimum Gasteiger partial charge on any atom is -0.464 e. The number of carbonyl (C=O) groups is 2. The zero-order chi connectivity index (χ0) is 18.1. The van der Waals surface area contributed by atoms with E-state index in [4.69, 9.17) is 9.47 Å². The van der Waals surface area contributed by atoms with Crippen LogP contribution in [0.15, 0.2) is 0 Å². The summed E-state index contributed by atoms with van der Waals surface area (Å²) in [6, 6.07) is 0.136. The zero-order valence-corrected chi connectivity index (χ0v) is 16.0. The van der Waals surface area contributed by atoms with Gasteiger partial charge in [-0.2, -0.15) is 0 Å². The number of rotatable bonds is 2. The first-order chi connectivity index (χ1) is 11.1. The van der Waals surface area contributed by atoms with E-state index in [1.54, 1.807) is 4.90 Å². The maximum atomic E-state index is 12.4. The average Bonchev–Trinajstić information content (AvgIpc) is 2.87. The van der Waals surface area contributed by atoms with Crippen LogP contribution in [0.25, 0.3) is 0 Å². The third kappa shape index (κ3) is 4.26. The third-order valence-electron chi connectivity index (χ3n) is 4.05. The fourth-order valence-corrected chi connectivity index (χ4v) is 3.80. The molecule has 1 aliphatic rings. The van der Waals surface area contributed by atoms with E-state index in [-0.39, 0.29) is 18.1 Å². The monoisotopic (exact) mass is 354 g/mol. The summed E-state index contributed by atoms with van der Waals surface area (Å²) in [6.07, 6.45) is 1.53. The molecule has 0 spiro atoms. The molecule has 2 rings (SSSR count). The van der Waals surface area contributed by atoms with E-state index in [9.17, 15) is 9.59 Å². The maximum Gasteiger partial charge on any atom is 0.410 e. The van der Waals surface area contributed by atoms with Crippen LogP contribution in [-0.2, 0) is 9.47 Å². The normalized spacial score (nSPS) is 21.5. The number of methoxy groups -OCH3 is 1. The molecule has 2 heterocycles. The van der Waals surface area contributed by atoms with Crippen LogP contribution in [0, 0.1) is 6.92 Å². The molecule has 1 fully saturated rings. The summed E-state index contributed by atoms with van der Waals surface area (Å²) in [5.74, 6) is -0.293. The van der Waals surface area contributed by atoms with Gasteiger partial charge in [0.2, 0.25) is 0 Å². The van der Waals surface area contributed by atoms with Crippen LogP contribution in [0.5, 0.6) is 0 Å². The Kier molecular flexibility index (Phi) is 5.52. The van der Waals surface area contributed by atoms with Gasteiger partial charge in [-0.3, -0.25) is 0 Å². The highest BCUT2D eigenvalue weighted by molar-refractivity contribution is 7.12. The SMILES string of the molecule is COC(=O)c1nc(C2CCC(C)N(C(=O)OC(C)(C)C)C2)sc1C. The molecule has 1 amide bonds. The van der Waals surface area contributed by atoms with Crippen molar-refractivity contribution in [2.24, 2.45) is 0 Å². The molecule has 7 heteroatoms. The summed E-state index contributed by atoms with van der Waals surface area (Å²) in [7, 11) is 1.35. The number of aryl methyl sites for hydroxylation is 1. The summed E-state index contributed by atoms with van der Waals surface area (Å²) in [6.45, 7) is 10.1. The van der Waals surface area contributed by atoms with Gasteiger partial charge < -0.3 is 14.4 Å². The van der Waals surface area contributed by atoms with Gasteiger partial charge in [0.1, 0.15) is 5.60 Å². The Bertz CT molecular complexity index is 621. The standard InChI is InChI=1S/C17H26N2O4S/c1-10-7-8-12(9-19(10)16(21)23-17(3,4)5)14-18-13(11(2)24-14)15(20)22-6/h10,12H,7-9H2,1-6H3. The predicted octanol–water partition coefficient (Wildman–Crippen LogP) is 3.74. The van der Waals surface area contributed by atoms with Crippen LogP contribution in [0.3, 0.4) is 0 Å². The van der Waals surface area contributed by atoms with Crippen molar-refractivity contribution in [1.29, 1.82) is 0 Å². The van der Waals surface area contributed by atoms with Crippen LogP contribution in [0.4, 0.5) is 4.79 Å². The van der Waals surface area contributed by atoms with Crippen molar-refractivity contribution in [2.45, 2.75) is 65.0 Å². The summed E-state index contributed by atoms with van der Waals surface area (Å²) >= 11 is 1.50. The van der Waals surface area contributed by atoms with Crippen LogP contribution in [0.2, 0.25) is 0 Å². The highest BCUT2D eigenvalue weighted by Gasteiger charge is 2.34. The van der Waals surface area contributed by atoms with Crippen LogP contribution in [-0.4, -0.2) is 47.2 Å². The van der Waals surface area contributed by atoms with E-state index in [1.165, 1.54) is 18.4 Å². The van der Waals surface area contributed by atoms with Gasteiger partial charge in [0.15, 0.2) is 5.69 Å². The van der Waals surface area contributed by atoms with Crippen LogP contribution >= 0.6 is 11.3 Å². The van der Waals surface area contributed by atoms with Gasteiger partial charge in [0.25, 0.3) is 0 Å². The van der Waals surface area contributed by atoms with E-state index in [2.05, 4.69) is 4.98 Å². The third-order valence-corrected chi connectivity index (χ3v) is 5.18. The number of piperidine rings is 1. The van der Waals surface area contributed by atoms with Crippen molar-refractivity contribution < 1.29 is 19.1 Å². The lowest BCUT2D eigenvalue weighted by molar-refractivity contribution is 0.00964. The topological polar surface area (TPSA) is 68.7 Å². The van der Waals surface area contributed by atoms with Crippen LogP contribution < -0.4 is 0 Å². The fourth-order valence-electron chi connectivity index (χ4n) is 2.76. The number of esters is 1. The Labute approximate surface area is 147 Å². The molecule has 0 bridgehead atoms. The van der Waals surface area contributed by atoms with Crippen LogP contribution in [0.1, 0.15) is 66.8 Å². The number of hydrogen-bond donors (Lipinski definition) is 0. The zero-order valence-electron chi connectivity index (χ0n) is 15.2. The molecule has 0 N–H and O–H groups in total. The number of likely N-dealkylation sites (tertiary alicyclic amines) is 1. The number of carbonyl (C=O) groups excluding carboxylic acids is 2. The minimum atomic E-state index is -0.514. The minimum absolute atomic E-state index is 0.121. The fraction of sp³-hybridized carbons (Fsp3) is 0.706. The number of aromatic nitrogens is 1. The Morgan fingerprint density at radius 2 is 1.96 bits per heavy atom. The molecule has 1 aromatic heterocycles. The average molecular weight is 354 g/mol. The summed E-state index contributed by atoms with van der Waals surface area (Å²) in [5, 5.41) is 0.883. The highest BCUT2D eigenvalue weighted by Crippen LogP contribution is 2.34. The predicted molar refractivity (Wildman–Crippen MR) is 92.6 cm³/mol. The Morgan fingerprint density at radius 3 is 2.54 bits per heavy atom. The van der Waals surface area contributed by atoms with Gasteiger partial charge in [-0.1, -0.05) is 0 Å². The first-order valence-corrected chi connectivity index (χ1v) is 8.99. The molecule has 1 aliphatic heterocycles. The molecule has 0 aromatic carbocycles. The molecule has 1 aromatic rings. The molecule has 24 heavy (non-hydrogen) atoms. The van der Waals surface area contributed by atoms with E-state index >= 15 is 0 Å². The second-order valence-electron chi connectivity index (χ2n) is 7.20. The lowest BCUT2D eigenvalue weighted by Gasteiger charge is -2.38. The van der Waals surface area contributed by atoms with Gasteiger partial charge in [-0.25, -0.2) is 14.6 Å². The van der Waals surface area contributed by atoms with Crippen molar-refractivity contribution in [3.8, 4) is 0 Å². The number of thiazole rings is 1. The number of amides is 1. The van der Waals surface area contributed by atoms with Crippen molar-refractivity contribution in [3.63, 3.8) is 0 Å². The molecule has 0 radical (unpaired) electrons. The molecule has 6 nitrogen and oxygen atoms in total. The van der Waals surface area contributed by atoms with Crippen molar-refractivity contribution >= 4 is 23.4 Å². The lowest BCUT2D eigenvalue weighted by atomic mass is 9.94. The number of ether oxygens (including phenoxy) is 2. The van der Waals surface area contributed by atoms with Gasteiger partial charge in [-0.15, -0.1) is 11.3 Å². The second-order valence-corrected chi connectivity index (χ2v) is 8.44. The number of nitrogens with zero attached hydrogens (tertiary/aromatic N) is 2. The highest BCUT2D eigenvalue weighted by atomic mass is 32.1. The van der Waals surface area contributed by atoms with Crippen molar-refractivity contribution in [2.75, 3.05) is 13.7 Å². The Hall–Kier alpha value is -1.63. The van der Waals surface area contributed by atoms with Gasteiger partial charge in [0, 0.05) is 23.4 Å². The van der Waals surface area contributed by atoms with Gasteiger partial charge >= 0.3 is 12.1 Å². The molecule has 0 aliphatic carbocycles. The van der Waals surface area contributed by atoms with Crippen molar-refractivity contribution in [3.05, 3.63) is 15.6 Å². The molecule has 2 unspecified atom stereocenters. The first-order valence-electron chi connectivity index (χ1n) is 8.17. The summed E-state index contributed by atoms with van der Waals surface area (Å²) in [5.41, 5.74) is -0.139. The summed E-state index contributed by atoms with van der Waals surface area (Å²) in [4.78, 5) is 31.3. The van der Waals surface area contributed by atoms with E-state index < -0.39 is 11.6 Å². The van der Waals surface area contributed by atoms with Gasteiger partial charge in [-0.05, 0) is 47.5 Å². The lowest BCUT2D eigenvalue weighted by Crippen LogP contribution is -2.47. The number of hydrogen-bond acceptors (Lipinski definition) is 6. The maximum absolute atomic E-state index is 12.4. The molecule has 1 saturated heterocycles. The van der Waals surface area contributed by atoms with E-state index in [0.29, 0.717) is 12.2 Å². The first kappa shape index (κ1) is 18.7. The van der Waals surface area contributed by atoms with E-state index in [1.807, 2.05) is 34.6 Å². The Morgan fingerprint density at radius 1 is 1.29 bits per heavy atom. The smallest absolute Gasteiger partial charge is 0.410 e. The Balaban J connectivity index is 2.15. The quantitative estimate of drug-likeness (QED) is 0.757. The molecular weight excluding hydrogens is 328 g/mol.